The molecular formula is C17H15F2NO3. The third kappa shape index (κ3) is 4.06. The van der Waals surface area contributed by atoms with Gasteiger partial charge in [0.25, 0.3) is 0 Å². The summed E-state index contributed by atoms with van der Waals surface area (Å²) in [6.07, 6.45) is 2.53. The Labute approximate surface area is 132 Å². The molecule has 0 fully saturated rings. The van der Waals surface area contributed by atoms with Crippen LogP contribution in [0.15, 0.2) is 48.7 Å². The van der Waals surface area contributed by atoms with Crippen molar-refractivity contribution in [3.63, 3.8) is 0 Å². The minimum atomic E-state index is -0.742. The number of benzene rings is 2. The van der Waals surface area contributed by atoms with E-state index in [1.54, 1.807) is 18.2 Å². The number of ether oxygens (including phenoxy) is 2. The van der Waals surface area contributed by atoms with Crippen molar-refractivity contribution in [1.82, 2.24) is 0 Å². The topological polar surface area (TPSA) is 47.6 Å². The molecule has 0 atom stereocenters. The smallest absolute Gasteiger partial charge is 0.187 e. The molecular weight excluding hydrogens is 304 g/mol. The van der Waals surface area contributed by atoms with E-state index in [2.05, 4.69) is 5.32 Å². The van der Waals surface area contributed by atoms with E-state index < -0.39 is 11.6 Å². The molecule has 6 heteroatoms. The number of halogens is 2. The van der Waals surface area contributed by atoms with Gasteiger partial charge in [0.2, 0.25) is 0 Å². The van der Waals surface area contributed by atoms with Crippen molar-refractivity contribution >= 4 is 11.5 Å². The van der Waals surface area contributed by atoms with Crippen LogP contribution in [0.3, 0.4) is 0 Å². The van der Waals surface area contributed by atoms with E-state index in [1.165, 1.54) is 32.6 Å². The Morgan fingerprint density at radius 3 is 2.43 bits per heavy atom. The van der Waals surface area contributed by atoms with Gasteiger partial charge < -0.3 is 14.8 Å². The quantitative estimate of drug-likeness (QED) is 0.650. The van der Waals surface area contributed by atoms with Gasteiger partial charge in [-0.2, -0.15) is 0 Å². The molecule has 0 radical (unpaired) electrons. The van der Waals surface area contributed by atoms with Gasteiger partial charge in [-0.3, -0.25) is 4.79 Å². The summed E-state index contributed by atoms with van der Waals surface area (Å²) in [4.78, 5) is 12.1. The SMILES string of the molecule is COc1ccc(C(=O)/C=C\Nc2ccc(F)cc2F)cc1OC. The van der Waals surface area contributed by atoms with Gasteiger partial charge in [-0.25, -0.2) is 8.78 Å². The van der Waals surface area contributed by atoms with Gasteiger partial charge in [0.1, 0.15) is 11.6 Å². The van der Waals surface area contributed by atoms with E-state index in [9.17, 15) is 13.6 Å². The molecule has 0 aliphatic carbocycles. The van der Waals surface area contributed by atoms with Gasteiger partial charge >= 0.3 is 0 Å². The fourth-order valence-electron chi connectivity index (χ4n) is 1.90. The van der Waals surface area contributed by atoms with E-state index in [0.29, 0.717) is 17.1 Å². The highest BCUT2D eigenvalue weighted by Gasteiger charge is 2.08. The monoisotopic (exact) mass is 319 g/mol. The zero-order valence-electron chi connectivity index (χ0n) is 12.6. The molecule has 0 saturated carbocycles. The lowest BCUT2D eigenvalue weighted by Gasteiger charge is -2.08. The van der Waals surface area contributed by atoms with Crippen LogP contribution < -0.4 is 14.8 Å². The van der Waals surface area contributed by atoms with Crippen LogP contribution >= 0.6 is 0 Å². The van der Waals surface area contributed by atoms with Gasteiger partial charge in [-0.05, 0) is 30.3 Å². The normalized spacial score (nSPS) is 10.6. The largest absolute Gasteiger partial charge is 0.493 e. The van der Waals surface area contributed by atoms with Crippen LogP contribution in [0.25, 0.3) is 0 Å². The number of anilines is 1. The highest BCUT2D eigenvalue weighted by molar-refractivity contribution is 6.05. The standard InChI is InChI=1S/C17H15F2NO3/c1-22-16-6-3-11(9-17(16)23-2)15(21)7-8-20-14-5-4-12(18)10-13(14)19/h3-10,20H,1-2H3/b8-7-. The molecule has 120 valence electrons. The summed E-state index contributed by atoms with van der Waals surface area (Å²) in [5.41, 5.74) is 0.461. The zero-order chi connectivity index (χ0) is 16.8. The molecule has 0 aliphatic rings. The Morgan fingerprint density at radius 2 is 1.78 bits per heavy atom. The van der Waals surface area contributed by atoms with Crippen molar-refractivity contribution in [3.05, 3.63) is 65.9 Å². The Balaban J connectivity index is 2.09. The molecule has 0 saturated heterocycles. The molecule has 1 N–H and O–H groups in total. The maximum atomic E-state index is 13.4. The molecule has 0 spiro atoms. The number of rotatable bonds is 6. The molecule has 0 heterocycles. The summed E-state index contributed by atoms with van der Waals surface area (Å²) < 4.78 is 36.4. The van der Waals surface area contributed by atoms with Crippen molar-refractivity contribution in [2.24, 2.45) is 0 Å². The first kappa shape index (κ1) is 16.5. The highest BCUT2D eigenvalue weighted by Crippen LogP contribution is 2.27. The number of hydrogen-bond acceptors (Lipinski definition) is 4. The molecule has 0 amide bonds. The second-order valence-electron chi connectivity index (χ2n) is 4.54. The lowest BCUT2D eigenvalue weighted by Crippen LogP contribution is -1.99. The number of ketones is 1. The van der Waals surface area contributed by atoms with Crippen molar-refractivity contribution in [3.8, 4) is 11.5 Å². The first-order valence-corrected chi connectivity index (χ1v) is 6.69. The summed E-state index contributed by atoms with van der Waals surface area (Å²) >= 11 is 0. The Bertz CT molecular complexity index is 745. The predicted octanol–water partition coefficient (Wildman–Crippen LogP) is 3.79. The van der Waals surface area contributed by atoms with Crippen LogP contribution in [-0.2, 0) is 0 Å². The molecule has 2 aromatic rings. The maximum Gasteiger partial charge on any atom is 0.187 e. The Kier molecular flexibility index (Phi) is 5.30. The fraction of sp³-hybridized carbons (Fsp3) is 0.118. The first-order valence-electron chi connectivity index (χ1n) is 6.69. The lowest BCUT2D eigenvalue weighted by atomic mass is 10.1. The third-order valence-electron chi connectivity index (χ3n) is 3.07. The second kappa shape index (κ2) is 7.40. The summed E-state index contributed by atoms with van der Waals surface area (Å²) in [6, 6.07) is 7.88. The van der Waals surface area contributed by atoms with Crippen molar-refractivity contribution in [2.45, 2.75) is 0 Å². The van der Waals surface area contributed by atoms with Crippen LogP contribution in [-0.4, -0.2) is 20.0 Å². The average molecular weight is 319 g/mol. The molecule has 0 bridgehead atoms. The molecule has 23 heavy (non-hydrogen) atoms. The fourth-order valence-corrected chi connectivity index (χ4v) is 1.90. The van der Waals surface area contributed by atoms with Gasteiger partial charge in [0.15, 0.2) is 17.3 Å². The van der Waals surface area contributed by atoms with E-state index in [0.717, 1.165) is 12.1 Å². The van der Waals surface area contributed by atoms with Crippen LogP contribution in [0, 0.1) is 11.6 Å². The lowest BCUT2D eigenvalue weighted by molar-refractivity contribution is 0.104. The zero-order valence-corrected chi connectivity index (χ0v) is 12.6. The average Bonchev–Trinajstić information content (AvgIpc) is 2.56. The Morgan fingerprint density at radius 1 is 1.04 bits per heavy atom. The minimum Gasteiger partial charge on any atom is -0.493 e. The summed E-state index contributed by atoms with van der Waals surface area (Å²) in [5.74, 6) is -0.767. The highest BCUT2D eigenvalue weighted by atomic mass is 19.1. The predicted molar refractivity (Wildman–Crippen MR) is 83.0 cm³/mol. The number of hydrogen-bond donors (Lipinski definition) is 1. The van der Waals surface area contributed by atoms with Crippen LogP contribution in [0.2, 0.25) is 0 Å². The summed E-state index contributed by atoms with van der Waals surface area (Å²) in [6.45, 7) is 0. The van der Waals surface area contributed by atoms with Crippen molar-refractivity contribution in [1.29, 1.82) is 0 Å². The van der Waals surface area contributed by atoms with Crippen LogP contribution in [0.1, 0.15) is 10.4 Å². The molecule has 4 nitrogen and oxygen atoms in total. The van der Waals surface area contributed by atoms with Gasteiger partial charge in [0, 0.05) is 23.9 Å². The minimum absolute atomic E-state index is 0.0720. The number of methoxy groups -OCH3 is 2. The van der Waals surface area contributed by atoms with Crippen molar-refractivity contribution < 1.29 is 23.0 Å². The van der Waals surface area contributed by atoms with Gasteiger partial charge in [-0.15, -0.1) is 0 Å². The summed E-state index contributed by atoms with van der Waals surface area (Å²) in [7, 11) is 2.97. The van der Waals surface area contributed by atoms with E-state index in [4.69, 9.17) is 9.47 Å². The maximum absolute atomic E-state index is 13.4. The number of nitrogens with one attached hydrogen (secondary N) is 1. The first-order chi connectivity index (χ1) is 11.0. The molecule has 2 aromatic carbocycles. The van der Waals surface area contributed by atoms with E-state index >= 15 is 0 Å². The molecule has 2 rings (SSSR count). The van der Waals surface area contributed by atoms with Gasteiger partial charge in [-0.1, -0.05) is 0 Å². The second-order valence-corrected chi connectivity index (χ2v) is 4.54. The molecule has 0 aliphatic heterocycles. The number of allylic oxidation sites excluding steroid dienone is 1. The van der Waals surface area contributed by atoms with Crippen LogP contribution in [0.4, 0.5) is 14.5 Å². The molecule has 0 unspecified atom stereocenters. The Hall–Kier alpha value is -2.89. The molecule has 0 aromatic heterocycles. The third-order valence-corrected chi connectivity index (χ3v) is 3.07. The number of carbonyl (C=O) groups is 1. The summed E-state index contributed by atoms with van der Waals surface area (Å²) in [5, 5.41) is 2.59. The van der Waals surface area contributed by atoms with Crippen molar-refractivity contribution in [2.75, 3.05) is 19.5 Å². The van der Waals surface area contributed by atoms with Gasteiger partial charge in [0.05, 0.1) is 19.9 Å². The van der Waals surface area contributed by atoms with E-state index in [1.807, 2.05) is 0 Å². The van der Waals surface area contributed by atoms with Crippen LogP contribution in [0.5, 0.6) is 11.5 Å². The van der Waals surface area contributed by atoms with E-state index in [-0.39, 0.29) is 11.5 Å². The number of carbonyl (C=O) groups excluding carboxylic acids is 1.